The normalized spacial score (nSPS) is 29.5. The van der Waals surface area contributed by atoms with E-state index in [-0.39, 0.29) is 11.4 Å². The molecule has 0 aromatic rings. The Morgan fingerprint density at radius 2 is 2.08 bits per heavy atom. The smallest absolute Gasteiger partial charge is 0.242 e. The van der Waals surface area contributed by atoms with Crippen molar-refractivity contribution in [3.8, 4) is 0 Å². The van der Waals surface area contributed by atoms with Gasteiger partial charge in [0.25, 0.3) is 0 Å². The van der Waals surface area contributed by atoms with E-state index in [1.54, 1.807) is 0 Å². The second-order valence-electron chi connectivity index (χ2n) is 3.86. The fraction of sp³-hybridized carbons (Fsp3) is 0.875. The summed E-state index contributed by atoms with van der Waals surface area (Å²) in [6, 6.07) is 0. The summed E-state index contributed by atoms with van der Waals surface area (Å²) in [5.74, 6) is 0.218. The number of halogens is 1. The minimum absolute atomic E-state index is 0.201. The molecule has 2 aliphatic rings. The highest BCUT2D eigenvalue weighted by atomic mass is 127. The third-order valence-corrected chi connectivity index (χ3v) is 4.34. The van der Waals surface area contributed by atoms with Crippen molar-refractivity contribution in [2.24, 2.45) is 0 Å². The Labute approximate surface area is 92.1 Å². The van der Waals surface area contributed by atoms with Crippen molar-refractivity contribution in [1.29, 1.82) is 0 Å². The lowest BCUT2D eigenvalue weighted by Crippen LogP contribution is -2.52. The predicted molar refractivity (Wildman–Crippen MR) is 58.3 cm³/mol. The quantitative estimate of drug-likeness (QED) is 0.512. The molecule has 2 saturated heterocycles. The standard InChI is InChI=1S/C8H14IN3O/c1-11-4-2-8(3-5-11)7(13)10-6-12(8)9/h2-6H2,1H3,(H,10,13). The van der Waals surface area contributed by atoms with Gasteiger partial charge in [-0.1, -0.05) is 0 Å². The van der Waals surface area contributed by atoms with E-state index in [1.807, 2.05) is 0 Å². The van der Waals surface area contributed by atoms with E-state index < -0.39 is 0 Å². The highest BCUT2D eigenvalue weighted by Gasteiger charge is 2.48. The molecule has 5 heteroatoms. The van der Waals surface area contributed by atoms with Crippen LogP contribution in [0.25, 0.3) is 0 Å². The molecule has 0 aromatic heterocycles. The molecular weight excluding hydrogens is 281 g/mol. The molecular formula is C8H14IN3O. The van der Waals surface area contributed by atoms with E-state index in [1.165, 1.54) is 0 Å². The number of hydrogen-bond acceptors (Lipinski definition) is 3. The highest BCUT2D eigenvalue weighted by Crippen LogP contribution is 2.34. The summed E-state index contributed by atoms with van der Waals surface area (Å²) in [6.45, 7) is 2.74. The maximum absolute atomic E-state index is 11.7. The largest absolute Gasteiger partial charge is 0.341 e. The minimum atomic E-state index is -0.201. The van der Waals surface area contributed by atoms with Crippen LogP contribution < -0.4 is 5.32 Å². The Balaban J connectivity index is 2.15. The first-order valence-electron chi connectivity index (χ1n) is 4.55. The van der Waals surface area contributed by atoms with Crippen molar-refractivity contribution in [2.45, 2.75) is 18.4 Å². The zero-order valence-corrected chi connectivity index (χ0v) is 9.87. The van der Waals surface area contributed by atoms with E-state index in [0.29, 0.717) is 6.67 Å². The van der Waals surface area contributed by atoms with E-state index in [0.717, 1.165) is 25.9 Å². The van der Waals surface area contributed by atoms with E-state index in [4.69, 9.17) is 0 Å². The zero-order valence-electron chi connectivity index (χ0n) is 7.72. The van der Waals surface area contributed by atoms with Crippen molar-refractivity contribution in [1.82, 2.24) is 13.3 Å². The van der Waals surface area contributed by atoms with Gasteiger partial charge in [0, 0.05) is 36.0 Å². The van der Waals surface area contributed by atoms with Crippen LogP contribution in [0.5, 0.6) is 0 Å². The highest BCUT2D eigenvalue weighted by molar-refractivity contribution is 14.1. The van der Waals surface area contributed by atoms with Gasteiger partial charge >= 0.3 is 0 Å². The molecule has 2 fully saturated rings. The van der Waals surface area contributed by atoms with Gasteiger partial charge < -0.3 is 10.2 Å². The van der Waals surface area contributed by atoms with Gasteiger partial charge in [-0.2, -0.15) is 0 Å². The summed E-state index contributed by atoms with van der Waals surface area (Å²) in [5.41, 5.74) is -0.201. The maximum atomic E-state index is 11.7. The molecule has 0 aromatic carbocycles. The number of amides is 1. The molecule has 0 bridgehead atoms. The molecule has 1 spiro atoms. The van der Waals surface area contributed by atoms with Gasteiger partial charge in [-0.15, -0.1) is 0 Å². The maximum Gasteiger partial charge on any atom is 0.242 e. The molecule has 13 heavy (non-hydrogen) atoms. The molecule has 0 radical (unpaired) electrons. The van der Waals surface area contributed by atoms with Crippen LogP contribution in [0.3, 0.4) is 0 Å². The number of rotatable bonds is 0. The number of nitrogens with one attached hydrogen (secondary N) is 1. The first-order chi connectivity index (χ1) is 6.15. The summed E-state index contributed by atoms with van der Waals surface area (Å²) < 4.78 is 2.13. The first kappa shape index (κ1) is 9.67. The number of carbonyl (C=O) groups excluding carboxylic acids is 1. The van der Waals surface area contributed by atoms with Crippen LogP contribution >= 0.6 is 22.9 Å². The van der Waals surface area contributed by atoms with Crippen LogP contribution in [0.15, 0.2) is 0 Å². The molecule has 4 nitrogen and oxygen atoms in total. The van der Waals surface area contributed by atoms with Crippen LogP contribution in [0.2, 0.25) is 0 Å². The van der Waals surface area contributed by atoms with Gasteiger partial charge in [0.05, 0.1) is 6.67 Å². The number of carbonyl (C=O) groups is 1. The Kier molecular flexibility index (Phi) is 2.50. The monoisotopic (exact) mass is 295 g/mol. The Morgan fingerprint density at radius 3 is 2.54 bits per heavy atom. The van der Waals surface area contributed by atoms with Gasteiger partial charge in [0.15, 0.2) is 0 Å². The van der Waals surface area contributed by atoms with Crippen molar-refractivity contribution in [3.63, 3.8) is 0 Å². The average molecular weight is 295 g/mol. The lowest BCUT2D eigenvalue weighted by molar-refractivity contribution is -0.126. The topological polar surface area (TPSA) is 35.6 Å². The van der Waals surface area contributed by atoms with Gasteiger partial charge in [-0.3, -0.25) is 4.79 Å². The molecule has 0 aliphatic carbocycles. The Morgan fingerprint density at radius 1 is 1.46 bits per heavy atom. The van der Waals surface area contributed by atoms with Crippen molar-refractivity contribution < 1.29 is 4.79 Å². The summed E-state index contributed by atoms with van der Waals surface area (Å²) in [6.07, 6.45) is 1.91. The first-order valence-corrected chi connectivity index (χ1v) is 5.52. The van der Waals surface area contributed by atoms with E-state index in [2.05, 4.69) is 43.2 Å². The lowest BCUT2D eigenvalue weighted by atomic mass is 9.88. The number of nitrogens with zero attached hydrogens (tertiary/aromatic N) is 2. The molecule has 0 atom stereocenters. The fourth-order valence-corrected chi connectivity index (χ4v) is 2.90. The number of piperidine rings is 1. The van der Waals surface area contributed by atoms with Crippen LogP contribution in [0, 0.1) is 0 Å². The molecule has 0 unspecified atom stereocenters. The summed E-state index contributed by atoms with van der Waals surface area (Å²) in [4.78, 5) is 14.0. The zero-order chi connectivity index (χ0) is 9.47. The van der Waals surface area contributed by atoms with Crippen LogP contribution in [0.1, 0.15) is 12.8 Å². The SMILES string of the molecule is CN1CCC2(CC1)C(=O)NCN2I. The summed E-state index contributed by atoms with van der Waals surface area (Å²) >= 11 is 2.26. The van der Waals surface area contributed by atoms with Gasteiger partial charge in [0.1, 0.15) is 5.54 Å². The fourth-order valence-electron chi connectivity index (χ4n) is 2.03. The van der Waals surface area contributed by atoms with Crippen LogP contribution in [-0.4, -0.2) is 46.3 Å². The van der Waals surface area contributed by atoms with Crippen LogP contribution in [-0.2, 0) is 4.79 Å². The van der Waals surface area contributed by atoms with E-state index in [9.17, 15) is 4.79 Å². The molecule has 2 heterocycles. The predicted octanol–water partition coefficient (Wildman–Crippen LogP) is 0.190. The van der Waals surface area contributed by atoms with E-state index >= 15 is 0 Å². The molecule has 74 valence electrons. The number of hydrogen-bond donors (Lipinski definition) is 1. The third kappa shape index (κ3) is 1.46. The van der Waals surface area contributed by atoms with Crippen molar-refractivity contribution in [3.05, 3.63) is 0 Å². The summed E-state index contributed by atoms with van der Waals surface area (Å²) in [7, 11) is 2.11. The van der Waals surface area contributed by atoms with Gasteiger partial charge in [-0.25, -0.2) is 3.11 Å². The molecule has 1 amide bonds. The van der Waals surface area contributed by atoms with Crippen molar-refractivity contribution >= 4 is 28.8 Å². The van der Waals surface area contributed by atoms with Crippen LogP contribution in [0.4, 0.5) is 0 Å². The molecule has 2 rings (SSSR count). The Bertz CT molecular complexity index is 225. The molecule has 2 aliphatic heterocycles. The lowest BCUT2D eigenvalue weighted by Gasteiger charge is -2.38. The second-order valence-corrected chi connectivity index (χ2v) is 5.03. The molecule has 0 saturated carbocycles. The molecule has 1 N–H and O–H groups in total. The van der Waals surface area contributed by atoms with Gasteiger partial charge in [0.2, 0.25) is 5.91 Å². The van der Waals surface area contributed by atoms with Crippen molar-refractivity contribution in [2.75, 3.05) is 26.8 Å². The Hall–Kier alpha value is 0.120. The third-order valence-electron chi connectivity index (χ3n) is 3.08. The minimum Gasteiger partial charge on any atom is -0.341 e. The second kappa shape index (κ2) is 3.36. The van der Waals surface area contributed by atoms with Gasteiger partial charge in [-0.05, 0) is 19.9 Å². The number of likely N-dealkylation sites (tertiary alicyclic amines) is 1. The average Bonchev–Trinajstić information content (AvgIpc) is 2.39. The summed E-state index contributed by atoms with van der Waals surface area (Å²) in [5, 5.41) is 2.91.